The summed E-state index contributed by atoms with van der Waals surface area (Å²) in [6, 6.07) is 12.5. The van der Waals surface area contributed by atoms with Crippen molar-refractivity contribution in [2.24, 2.45) is 5.92 Å². The zero-order valence-electron chi connectivity index (χ0n) is 25.5. The number of halogens is 1. The summed E-state index contributed by atoms with van der Waals surface area (Å²) in [6.07, 6.45) is 8.95. The average molecular weight is 655 g/mol. The fourth-order valence-corrected chi connectivity index (χ4v) is 8.30. The third-order valence-corrected chi connectivity index (χ3v) is 10.8. The number of esters is 1. The molecular weight excluding hydrogens is 616 g/mol. The second-order valence-electron chi connectivity index (χ2n) is 12.4. The number of benzene rings is 2. The van der Waals surface area contributed by atoms with Crippen molar-refractivity contribution in [3.63, 3.8) is 0 Å². The Hall–Kier alpha value is -3.57. The Balaban J connectivity index is 1.24. The lowest BCUT2D eigenvalue weighted by molar-refractivity contribution is -0.144. The minimum atomic E-state index is -4.19. The summed E-state index contributed by atoms with van der Waals surface area (Å²) in [7, 11) is -4.19. The Labute approximate surface area is 269 Å². The molecule has 1 N–H and O–H groups in total. The molecule has 2 heterocycles. The van der Waals surface area contributed by atoms with Crippen LogP contribution in [0.5, 0.6) is 5.75 Å². The molecule has 3 aliphatic rings. The van der Waals surface area contributed by atoms with E-state index >= 15 is 0 Å². The number of ether oxygens (including phenoxy) is 2. The lowest BCUT2D eigenvalue weighted by Crippen LogP contribution is -2.46. The molecular formula is C33H39ClN4O6S. The number of anilines is 1. The van der Waals surface area contributed by atoms with E-state index in [2.05, 4.69) is 26.9 Å². The van der Waals surface area contributed by atoms with Gasteiger partial charge in [0.15, 0.2) is 0 Å². The van der Waals surface area contributed by atoms with Gasteiger partial charge in [-0.25, -0.2) is 13.1 Å². The minimum Gasteiger partial charge on any atom is -0.490 e. The molecule has 0 saturated heterocycles. The first-order chi connectivity index (χ1) is 21.6. The first kappa shape index (κ1) is 31.4. The van der Waals surface area contributed by atoms with E-state index in [0.717, 1.165) is 49.4 Å². The molecule has 45 heavy (non-hydrogen) atoms. The first-order valence-electron chi connectivity index (χ1n) is 15.7. The predicted molar refractivity (Wildman–Crippen MR) is 170 cm³/mol. The molecule has 2 aromatic carbocycles. The van der Waals surface area contributed by atoms with E-state index in [-0.39, 0.29) is 29.9 Å². The molecule has 10 nitrogen and oxygen atoms in total. The molecule has 0 radical (unpaired) electrons. The first-order valence-corrected chi connectivity index (χ1v) is 17.5. The van der Waals surface area contributed by atoms with Crippen LogP contribution in [0.1, 0.15) is 62.3 Å². The quantitative estimate of drug-likeness (QED) is 0.327. The van der Waals surface area contributed by atoms with Gasteiger partial charge in [-0.15, -0.1) is 0 Å². The third kappa shape index (κ3) is 6.99. The van der Waals surface area contributed by atoms with Crippen LogP contribution in [0.3, 0.4) is 0 Å². The summed E-state index contributed by atoms with van der Waals surface area (Å²) in [4.78, 5) is 26.9. The molecule has 0 bridgehead atoms. The van der Waals surface area contributed by atoms with Crippen LogP contribution in [0, 0.1) is 5.92 Å². The maximum absolute atomic E-state index is 13.5. The van der Waals surface area contributed by atoms with E-state index in [0.29, 0.717) is 30.5 Å². The lowest BCUT2D eigenvalue weighted by Gasteiger charge is -2.41. The highest BCUT2D eigenvalue weighted by molar-refractivity contribution is 7.90. The van der Waals surface area contributed by atoms with Gasteiger partial charge in [0, 0.05) is 29.7 Å². The molecule has 0 unspecified atom stereocenters. The zero-order chi connectivity index (χ0) is 31.6. The molecule has 1 aromatic heterocycles. The largest absolute Gasteiger partial charge is 0.490 e. The Morgan fingerprint density at radius 1 is 1.13 bits per heavy atom. The molecule has 2 aliphatic carbocycles. The van der Waals surface area contributed by atoms with Crippen LogP contribution in [0.4, 0.5) is 5.69 Å². The number of aryl methyl sites for hydroxylation is 1. The fourth-order valence-electron chi connectivity index (χ4n) is 7.10. The summed E-state index contributed by atoms with van der Waals surface area (Å²) >= 11 is 6.37. The van der Waals surface area contributed by atoms with Gasteiger partial charge in [0.2, 0.25) is 5.91 Å². The smallest absolute Gasteiger partial charge is 0.327 e. The Bertz CT molecular complexity index is 1690. The number of carbonyl (C=O) groups excluding carboxylic acids is 2. The fraction of sp³-hybridized carbons (Fsp3) is 0.485. The van der Waals surface area contributed by atoms with Gasteiger partial charge in [0.25, 0.3) is 10.0 Å². The van der Waals surface area contributed by atoms with Gasteiger partial charge in [0.05, 0.1) is 35.9 Å². The van der Waals surface area contributed by atoms with Crippen LogP contribution in [0.15, 0.2) is 53.6 Å². The molecule has 6 rings (SSSR count). The van der Waals surface area contributed by atoms with Crippen molar-refractivity contribution in [3.8, 4) is 5.75 Å². The molecule has 1 atom stereocenters. The van der Waals surface area contributed by atoms with Crippen LogP contribution < -0.4 is 14.4 Å². The van der Waals surface area contributed by atoms with Crippen molar-refractivity contribution in [1.29, 1.82) is 0 Å². The molecule has 240 valence electrons. The highest BCUT2D eigenvalue weighted by Crippen LogP contribution is 2.45. The van der Waals surface area contributed by atoms with Gasteiger partial charge in [-0.3, -0.25) is 14.3 Å². The SMILES string of the molecule is CCOC(=O)Cn1ccc(CC(=O)NS(=O)(=O)c2ccc3c(c2)N(CC2CCCC2)C[C@@]2(CCCc4cc(Cl)ccc42)CO3)n1. The van der Waals surface area contributed by atoms with Gasteiger partial charge in [-0.2, -0.15) is 5.10 Å². The summed E-state index contributed by atoms with van der Waals surface area (Å²) in [5, 5.41) is 4.92. The summed E-state index contributed by atoms with van der Waals surface area (Å²) in [5.74, 6) is -0.00794. The number of amides is 1. The Morgan fingerprint density at radius 2 is 1.96 bits per heavy atom. The Morgan fingerprint density at radius 3 is 2.76 bits per heavy atom. The molecule has 1 fully saturated rings. The van der Waals surface area contributed by atoms with E-state index in [9.17, 15) is 18.0 Å². The third-order valence-electron chi connectivity index (χ3n) is 9.15. The number of hydrogen-bond donors (Lipinski definition) is 1. The number of nitrogens with zero attached hydrogens (tertiary/aromatic N) is 3. The number of nitrogens with one attached hydrogen (secondary N) is 1. The minimum absolute atomic E-state index is 0.00533. The average Bonchev–Trinajstić information content (AvgIpc) is 3.64. The van der Waals surface area contributed by atoms with Crippen LogP contribution in [-0.2, 0) is 49.2 Å². The Kier molecular flexibility index (Phi) is 9.10. The highest BCUT2D eigenvalue weighted by Gasteiger charge is 2.42. The van der Waals surface area contributed by atoms with E-state index < -0.39 is 21.9 Å². The second kappa shape index (κ2) is 13.0. The zero-order valence-corrected chi connectivity index (χ0v) is 27.0. The molecule has 3 aromatic rings. The van der Waals surface area contributed by atoms with Crippen molar-refractivity contribution in [1.82, 2.24) is 14.5 Å². The van der Waals surface area contributed by atoms with Crippen molar-refractivity contribution < 1.29 is 27.5 Å². The maximum atomic E-state index is 13.5. The van der Waals surface area contributed by atoms with Gasteiger partial charge in [-0.05, 0) is 92.5 Å². The van der Waals surface area contributed by atoms with Crippen molar-refractivity contribution >= 4 is 39.2 Å². The van der Waals surface area contributed by atoms with Gasteiger partial charge in [-0.1, -0.05) is 30.5 Å². The normalized spacial score (nSPS) is 19.8. The second-order valence-corrected chi connectivity index (χ2v) is 14.5. The van der Waals surface area contributed by atoms with Crippen molar-refractivity contribution in [2.45, 2.75) is 75.1 Å². The number of hydrogen-bond acceptors (Lipinski definition) is 8. The van der Waals surface area contributed by atoms with Crippen molar-refractivity contribution in [2.75, 3.05) is 31.2 Å². The van der Waals surface area contributed by atoms with Crippen LogP contribution in [0.2, 0.25) is 5.02 Å². The molecule has 12 heteroatoms. The van der Waals surface area contributed by atoms with Crippen LogP contribution >= 0.6 is 11.6 Å². The van der Waals surface area contributed by atoms with E-state index in [1.807, 2.05) is 6.07 Å². The summed E-state index contributed by atoms with van der Waals surface area (Å²) in [5.41, 5.74) is 3.32. The van der Waals surface area contributed by atoms with Gasteiger partial charge >= 0.3 is 5.97 Å². The van der Waals surface area contributed by atoms with Crippen LogP contribution in [0.25, 0.3) is 0 Å². The lowest BCUT2D eigenvalue weighted by atomic mass is 9.70. The number of aromatic nitrogens is 2. The molecule has 1 aliphatic heterocycles. The predicted octanol–water partition coefficient (Wildman–Crippen LogP) is 4.81. The monoisotopic (exact) mass is 654 g/mol. The van der Waals surface area contributed by atoms with Crippen molar-refractivity contribution in [3.05, 3.63) is 70.5 Å². The highest BCUT2D eigenvalue weighted by atomic mass is 35.5. The summed E-state index contributed by atoms with van der Waals surface area (Å²) in [6.45, 7) is 3.88. The number of sulfonamides is 1. The van der Waals surface area contributed by atoms with E-state index in [1.54, 1.807) is 31.3 Å². The van der Waals surface area contributed by atoms with Gasteiger partial charge in [0.1, 0.15) is 12.3 Å². The molecule has 1 amide bonds. The van der Waals surface area contributed by atoms with Crippen LogP contribution in [-0.4, -0.2) is 56.4 Å². The number of carbonyl (C=O) groups is 2. The maximum Gasteiger partial charge on any atom is 0.327 e. The van der Waals surface area contributed by atoms with E-state index in [4.69, 9.17) is 21.1 Å². The topological polar surface area (TPSA) is 120 Å². The molecule has 1 spiro atoms. The molecule has 1 saturated carbocycles. The standard InChI is InChI=1S/C33H39ClN4O6S/c1-2-43-32(40)20-38-15-13-26(35-38)17-31(39)36-45(41,42)27-10-12-30-29(18-27)37(19-23-6-3-4-7-23)21-33(22-44-30)14-5-8-24-16-25(34)9-11-28(24)33/h9-13,15-16,18,23H,2-8,14,17,19-22H2,1H3,(H,36,39)/t33-/m0/s1. The van der Waals surface area contributed by atoms with Gasteiger partial charge < -0.3 is 14.4 Å². The summed E-state index contributed by atoms with van der Waals surface area (Å²) < 4.78 is 41.9. The van der Waals surface area contributed by atoms with E-state index in [1.165, 1.54) is 34.7 Å². The number of fused-ring (bicyclic) bond motifs is 3. The number of rotatable bonds is 9.